The molecule has 1 aliphatic rings. The number of likely N-dealkylation sites (tertiary alicyclic amines) is 1. The lowest BCUT2D eigenvalue weighted by atomic mass is 9.86. The Balaban J connectivity index is 1.33. The number of fused-ring (bicyclic) bond motifs is 2. The van der Waals surface area contributed by atoms with Crippen molar-refractivity contribution in [1.82, 2.24) is 19.1 Å². The summed E-state index contributed by atoms with van der Waals surface area (Å²) in [6.45, 7) is 2.50. The van der Waals surface area contributed by atoms with Crippen molar-refractivity contribution in [2.75, 3.05) is 13.1 Å². The maximum atomic E-state index is 10.9. The summed E-state index contributed by atoms with van der Waals surface area (Å²) in [7, 11) is 2.04. The zero-order valence-corrected chi connectivity index (χ0v) is 15.5. The maximum Gasteiger partial charge on any atom is 0.140 e. The Kier molecular flexibility index (Phi) is 3.99. The van der Waals surface area contributed by atoms with Gasteiger partial charge in [0.1, 0.15) is 5.65 Å². The zero-order chi connectivity index (χ0) is 18.4. The number of rotatable bonds is 3. The highest BCUT2D eigenvalue weighted by Crippen LogP contribution is 2.31. The third-order valence-electron chi connectivity index (χ3n) is 5.87. The average molecular weight is 360 g/mol. The Morgan fingerprint density at radius 2 is 1.96 bits per heavy atom. The zero-order valence-electron chi connectivity index (χ0n) is 15.5. The van der Waals surface area contributed by atoms with Crippen molar-refractivity contribution >= 4 is 16.4 Å². The van der Waals surface area contributed by atoms with Crippen LogP contribution in [0.2, 0.25) is 0 Å². The van der Waals surface area contributed by atoms with E-state index in [0.717, 1.165) is 25.2 Å². The van der Waals surface area contributed by atoms with E-state index in [2.05, 4.69) is 57.0 Å². The van der Waals surface area contributed by atoms with Gasteiger partial charge in [0.25, 0.3) is 0 Å². The third kappa shape index (κ3) is 2.93. The van der Waals surface area contributed by atoms with Gasteiger partial charge in [-0.2, -0.15) is 5.10 Å². The molecule has 2 atom stereocenters. The minimum Gasteiger partial charge on any atom is -0.391 e. The summed E-state index contributed by atoms with van der Waals surface area (Å²) in [6, 6.07) is 15.0. The lowest BCUT2D eigenvalue weighted by Crippen LogP contribution is -2.42. The van der Waals surface area contributed by atoms with Gasteiger partial charge >= 0.3 is 0 Å². The van der Waals surface area contributed by atoms with Gasteiger partial charge in [-0.05, 0) is 29.3 Å². The van der Waals surface area contributed by atoms with Crippen molar-refractivity contribution in [2.45, 2.75) is 25.0 Å². The highest BCUT2D eigenvalue weighted by Gasteiger charge is 2.29. The molecule has 4 aromatic rings. The van der Waals surface area contributed by atoms with E-state index < -0.39 is 0 Å². The number of aliphatic hydroxyl groups excluding tert-OH is 1. The Labute approximate surface area is 158 Å². The molecule has 0 spiro atoms. The second-order valence-electron chi connectivity index (χ2n) is 7.65. The summed E-state index contributed by atoms with van der Waals surface area (Å²) in [5.41, 5.74) is 3.58. The van der Waals surface area contributed by atoms with E-state index in [9.17, 15) is 5.11 Å². The van der Waals surface area contributed by atoms with Crippen LogP contribution >= 0.6 is 0 Å². The molecule has 2 unspecified atom stereocenters. The first kappa shape index (κ1) is 16.5. The third-order valence-corrected chi connectivity index (χ3v) is 5.87. The van der Waals surface area contributed by atoms with E-state index in [-0.39, 0.29) is 12.0 Å². The summed E-state index contributed by atoms with van der Waals surface area (Å²) in [4.78, 5) is 2.34. The predicted molar refractivity (Wildman–Crippen MR) is 107 cm³/mol. The molecule has 27 heavy (non-hydrogen) atoms. The normalized spacial score (nSPS) is 21.3. The molecule has 0 aliphatic carbocycles. The SMILES string of the molecule is Cn1ccn2ncc(CN3CCC(c4ccc5ccccc5c4)C(O)C3)c12. The van der Waals surface area contributed by atoms with Gasteiger partial charge in [-0.25, -0.2) is 4.52 Å². The van der Waals surface area contributed by atoms with Crippen molar-refractivity contribution in [3.8, 4) is 0 Å². The molecule has 1 aliphatic heterocycles. The molecule has 0 saturated carbocycles. The molecular formula is C22H24N4O. The van der Waals surface area contributed by atoms with Crippen molar-refractivity contribution < 1.29 is 5.11 Å². The highest BCUT2D eigenvalue weighted by atomic mass is 16.3. The number of hydrogen-bond acceptors (Lipinski definition) is 3. The van der Waals surface area contributed by atoms with E-state index in [1.807, 2.05) is 30.2 Å². The molecule has 0 bridgehead atoms. The van der Waals surface area contributed by atoms with Gasteiger partial charge in [0.2, 0.25) is 0 Å². The first-order valence-electron chi connectivity index (χ1n) is 9.56. The van der Waals surface area contributed by atoms with Crippen LogP contribution in [0.1, 0.15) is 23.5 Å². The fraction of sp³-hybridized carbons (Fsp3) is 0.318. The number of hydrogen-bond donors (Lipinski definition) is 1. The van der Waals surface area contributed by atoms with Gasteiger partial charge in [0.05, 0.1) is 12.3 Å². The van der Waals surface area contributed by atoms with E-state index in [1.165, 1.54) is 21.9 Å². The lowest BCUT2D eigenvalue weighted by molar-refractivity contribution is 0.0478. The highest BCUT2D eigenvalue weighted by molar-refractivity contribution is 5.83. The fourth-order valence-corrected chi connectivity index (χ4v) is 4.44. The van der Waals surface area contributed by atoms with Crippen molar-refractivity contribution in [2.24, 2.45) is 7.05 Å². The number of aryl methyl sites for hydroxylation is 1. The van der Waals surface area contributed by atoms with Crippen LogP contribution in [0.5, 0.6) is 0 Å². The fourth-order valence-electron chi connectivity index (χ4n) is 4.44. The maximum absolute atomic E-state index is 10.9. The minimum atomic E-state index is -0.348. The van der Waals surface area contributed by atoms with E-state index in [4.69, 9.17) is 0 Å². The van der Waals surface area contributed by atoms with Crippen molar-refractivity contribution in [3.05, 3.63) is 72.2 Å². The Morgan fingerprint density at radius 3 is 2.81 bits per heavy atom. The van der Waals surface area contributed by atoms with E-state index in [1.54, 1.807) is 0 Å². The molecule has 5 nitrogen and oxygen atoms in total. The first-order valence-corrected chi connectivity index (χ1v) is 9.56. The quantitative estimate of drug-likeness (QED) is 0.610. The van der Waals surface area contributed by atoms with Crippen LogP contribution in [-0.4, -0.2) is 43.4 Å². The summed E-state index contributed by atoms with van der Waals surface area (Å²) in [5, 5.41) is 17.8. The summed E-state index contributed by atoms with van der Waals surface area (Å²) in [5.74, 6) is 0.202. The van der Waals surface area contributed by atoms with E-state index >= 15 is 0 Å². The summed E-state index contributed by atoms with van der Waals surface area (Å²) in [6.07, 6.45) is 6.56. The first-order chi connectivity index (χ1) is 13.2. The van der Waals surface area contributed by atoms with Crippen LogP contribution in [0.3, 0.4) is 0 Å². The molecule has 1 fully saturated rings. The largest absolute Gasteiger partial charge is 0.391 e. The second kappa shape index (κ2) is 6.51. The van der Waals surface area contributed by atoms with Gasteiger partial charge in [0.15, 0.2) is 0 Å². The molecule has 2 aromatic heterocycles. The average Bonchev–Trinajstić information content (AvgIpc) is 3.25. The van der Waals surface area contributed by atoms with Crippen molar-refractivity contribution in [3.63, 3.8) is 0 Å². The second-order valence-corrected chi connectivity index (χ2v) is 7.65. The molecule has 138 valence electrons. The monoisotopic (exact) mass is 360 g/mol. The lowest BCUT2D eigenvalue weighted by Gasteiger charge is -2.36. The van der Waals surface area contributed by atoms with Crippen LogP contribution in [0, 0.1) is 0 Å². The Bertz CT molecular complexity index is 1100. The number of β-amino-alcohol motifs (C(OH)–C–C–N with tert-alkyl or cyclic N) is 1. The Morgan fingerprint density at radius 1 is 1.11 bits per heavy atom. The number of piperidine rings is 1. The van der Waals surface area contributed by atoms with Gasteiger partial charge in [-0.3, -0.25) is 4.90 Å². The van der Waals surface area contributed by atoms with Crippen LogP contribution < -0.4 is 0 Å². The number of aliphatic hydroxyl groups is 1. The molecule has 0 amide bonds. The molecule has 1 N–H and O–H groups in total. The van der Waals surface area contributed by atoms with Gasteiger partial charge in [-0.1, -0.05) is 42.5 Å². The van der Waals surface area contributed by atoms with Crippen molar-refractivity contribution in [1.29, 1.82) is 0 Å². The standard InChI is InChI=1S/C22H24N4O/c1-24-10-11-26-22(24)19(13-23-26)14-25-9-8-20(21(27)15-25)18-7-6-16-4-2-3-5-17(16)12-18/h2-7,10-13,20-21,27H,8-9,14-15H2,1H3. The van der Waals surface area contributed by atoms with Crippen LogP contribution in [0.25, 0.3) is 16.4 Å². The van der Waals surface area contributed by atoms with E-state index in [0.29, 0.717) is 6.54 Å². The molecule has 1 saturated heterocycles. The number of imidazole rings is 1. The Hall–Kier alpha value is -2.63. The van der Waals surface area contributed by atoms with Gasteiger partial charge in [0, 0.05) is 44.0 Å². The number of benzene rings is 2. The summed E-state index contributed by atoms with van der Waals surface area (Å²) < 4.78 is 4.01. The molecule has 5 heteroatoms. The van der Waals surface area contributed by atoms with Crippen LogP contribution in [-0.2, 0) is 13.6 Å². The molecule has 0 radical (unpaired) electrons. The summed E-state index contributed by atoms with van der Waals surface area (Å²) >= 11 is 0. The minimum absolute atomic E-state index is 0.202. The number of nitrogens with zero attached hydrogens (tertiary/aromatic N) is 4. The van der Waals surface area contributed by atoms with Crippen LogP contribution in [0.15, 0.2) is 61.1 Å². The molecular weight excluding hydrogens is 336 g/mol. The molecule has 2 aromatic carbocycles. The number of aromatic nitrogens is 3. The molecule has 5 rings (SSSR count). The topological polar surface area (TPSA) is 45.7 Å². The smallest absolute Gasteiger partial charge is 0.140 e. The van der Waals surface area contributed by atoms with Gasteiger partial charge in [-0.15, -0.1) is 0 Å². The van der Waals surface area contributed by atoms with Gasteiger partial charge < -0.3 is 9.67 Å². The molecule has 3 heterocycles. The predicted octanol–water partition coefficient (Wildman–Crippen LogP) is 3.18. The van der Waals surface area contributed by atoms with Crippen LogP contribution in [0.4, 0.5) is 0 Å².